The molecule has 0 saturated heterocycles. The van der Waals surface area contributed by atoms with E-state index in [-0.39, 0.29) is 0 Å². The van der Waals surface area contributed by atoms with Gasteiger partial charge in [0.1, 0.15) is 24.2 Å². The molecule has 0 aliphatic heterocycles. The Bertz CT molecular complexity index is 491. The van der Waals surface area contributed by atoms with E-state index in [4.69, 9.17) is 9.47 Å². The van der Waals surface area contributed by atoms with Crippen LogP contribution in [0, 0.1) is 0 Å². The van der Waals surface area contributed by atoms with Crippen LogP contribution in [0.3, 0.4) is 0 Å². The normalized spacial score (nSPS) is 12.7. The van der Waals surface area contributed by atoms with E-state index in [9.17, 15) is 18.0 Å². The molecule has 0 aliphatic rings. The summed E-state index contributed by atoms with van der Waals surface area (Å²) in [5.74, 6) is 0.139. The number of halogens is 3. The fourth-order valence-electron chi connectivity index (χ4n) is 1.43. The molecule has 0 radical (unpaired) electrons. The van der Waals surface area contributed by atoms with Gasteiger partial charge in [0.05, 0.1) is 19.9 Å². The van der Waals surface area contributed by atoms with E-state index < -0.39 is 24.8 Å². The largest absolute Gasteiger partial charge is 0.497 e. The average molecular weight is 307 g/mol. The van der Waals surface area contributed by atoms with Crippen molar-refractivity contribution in [2.75, 3.05) is 26.1 Å². The first kappa shape index (κ1) is 17.1. The molecule has 1 unspecified atom stereocenters. The predicted octanol–water partition coefficient (Wildman–Crippen LogP) is 2.61. The van der Waals surface area contributed by atoms with Crippen LogP contribution in [0.15, 0.2) is 18.2 Å². The van der Waals surface area contributed by atoms with E-state index in [2.05, 4.69) is 10.1 Å². The minimum atomic E-state index is -4.48. The summed E-state index contributed by atoms with van der Waals surface area (Å²) >= 11 is 0. The molecule has 1 amide bonds. The van der Waals surface area contributed by atoms with Gasteiger partial charge < -0.3 is 19.5 Å². The van der Waals surface area contributed by atoms with Gasteiger partial charge in [0.2, 0.25) is 0 Å². The fourth-order valence-corrected chi connectivity index (χ4v) is 1.43. The zero-order valence-electron chi connectivity index (χ0n) is 11.8. The third-order valence-electron chi connectivity index (χ3n) is 2.53. The van der Waals surface area contributed by atoms with Crippen molar-refractivity contribution in [3.8, 4) is 11.5 Å². The zero-order chi connectivity index (χ0) is 16.0. The van der Waals surface area contributed by atoms with Crippen molar-refractivity contribution in [2.45, 2.75) is 19.2 Å². The zero-order valence-corrected chi connectivity index (χ0v) is 11.8. The Morgan fingerprint density at radius 2 is 1.95 bits per heavy atom. The standard InChI is InChI=1S/C13H16F3NO4/c1-8(21-7-13(14,15)16)12(18)17-10-5-4-9(19-2)6-11(10)20-3/h4-6,8H,7H2,1-3H3,(H,17,18). The second-order valence-electron chi connectivity index (χ2n) is 4.12. The molecule has 21 heavy (non-hydrogen) atoms. The molecule has 1 N–H and O–H groups in total. The van der Waals surface area contributed by atoms with Crippen LogP contribution in [0.1, 0.15) is 6.92 Å². The maximum atomic E-state index is 12.0. The van der Waals surface area contributed by atoms with Gasteiger partial charge in [0, 0.05) is 6.07 Å². The van der Waals surface area contributed by atoms with E-state index in [0.717, 1.165) is 0 Å². The number of nitrogens with one attached hydrogen (secondary N) is 1. The molecule has 1 aromatic carbocycles. The number of benzene rings is 1. The molecule has 0 aliphatic carbocycles. The van der Waals surface area contributed by atoms with Crippen molar-refractivity contribution in [1.82, 2.24) is 0 Å². The first-order chi connectivity index (χ1) is 9.76. The van der Waals surface area contributed by atoms with Crippen LogP contribution in [-0.4, -0.2) is 39.0 Å². The van der Waals surface area contributed by atoms with Crippen LogP contribution in [0.25, 0.3) is 0 Å². The van der Waals surface area contributed by atoms with Crippen molar-refractivity contribution in [2.24, 2.45) is 0 Å². The molecule has 8 heteroatoms. The van der Waals surface area contributed by atoms with E-state index >= 15 is 0 Å². The summed E-state index contributed by atoms with van der Waals surface area (Å²) in [7, 11) is 2.87. The van der Waals surface area contributed by atoms with Gasteiger partial charge in [-0.15, -0.1) is 0 Å². The predicted molar refractivity (Wildman–Crippen MR) is 69.6 cm³/mol. The van der Waals surface area contributed by atoms with Crippen molar-refractivity contribution >= 4 is 11.6 Å². The molecule has 0 bridgehead atoms. The fraction of sp³-hybridized carbons (Fsp3) is 0.462. The summed E-state index contributed by atoms with van der Waals surface area (Å²) < 4.78 is 50.6. The Labute approximate surface area is 120 Å². The SMILES string of the molecule is COc1ccc(NC(=O)C(C)OCC(F)(F)F)c(OC)c1. The molecule has 1 rings (SSSR count). The second kappa shape index (κ2) is 7.16. The molecule has 0 heterocycles. The lowest BCUT2D eigenvalue weighted by Gasteiger charge is -2.16. The summed E-state index contributed by atoms with van der Waals surface area (Å²) in [6, 6.07) is 4.64. The summed E-state index contributed by atoms with van der Waals surface area (Å²) in [6.07, 6.45) is -5.73. The maximum Gasteiger partial charge on any atom is 0.411 e. The summed E-state index contributed by atoms with van der Waals surface area (Å²) in [4.78, 5) is 11.8. The summed E-state index contributed by atoms with van der Waals surface area (Å²) in [5, 5.41) is 2.44. The molecule has 0 saturated carbocycles. The van der Waals surface area contributed by atoms with Crippen LogP contribution in [-0.2, 0) is 9.53 Å². The molecule has 0 spiro atoms. The molecule has 0 fully saturated rings. The Kier molecular flexibility index (Phi) is 5.83. The molecule has 1 atom stereocenters. The van der Waals surface area contributed by atoms with Gasteiger partial charge in [-0.2, -0.15) is 13.2 Å². The minimum Gasteiger partial charge on any atom is -0.497 e. The highest BCUT2D eigenvalue weighted by Gasteiger charge is 2.30. The van der Waals surface area contributed by atoms with E-state index in [1.54, 1.807) is 6.07 Å². The van der Waals surface area contributed by atoms with Crippen molar-refractivity contribution in [3.05, 3.63) is 18.2 Å². The summed E-state index contributed by atoms with van der Waals surface area (Å²) in [6.45, 7) is -0.252. The van der Waals surface area contributed by atoms with E-state index in [1.807, 2.05) is 0 Å². The van der Waals surface area contributed by atoms with Crippen LogP contribution in [0.5, 0.6) is 11.5 Å². The maximum absolute atomic E-state index is 12.0. The van der Waals surface area contributed by atoms with Gasteiger partial charge in [-0.1, -0.05) is 0 Å². The quantitative estimate of drug-likeness (QED) is 0.877. The lowest BCUT2D eigenvalue weighted by Crippen LogP contribution is -2.31. The number of carbonyl (C=O) groups is 1. The number of anilines is 1. The number of ether oxygens (including phenoxy) is 3. The van der Waals surface area contributed by atoms with Crippen LogP contribution in [0.2, 0.25) is 0 Å². The monoisotopic (exact) mass is 307 g/mol. The summed E-state index contributed by atoms with van der Waals surface area (Å²) in [5.41, 5.74) is 0.311. The Hall–Kier alpha value is -1.96. The van der Waals surface area contributed by atoms with Gasteiger partial charge in [0.25, 0.3) is 5.91 Å². The highest BCUT2D eigenvalue weighted by atomic mass is 19.4. The number of alkyl halides is 3. The molecular weight excluding hydrogens is 291 g/mol. The lowest BCUT2D eigenvalue weighted by atomic mass is 10.2. The second-order valence-corrected chi connectivity index (χ2v) is 4.12. The van der Waals surface area contributed by atoms with E-state index in [0.29, 0.717) is 17.2 Å². The lowest BCUT2D eigenvalue weighted by molar-refractivity contribution is -0.184. The number of rotatable bonds is 6. The Morgan fingerprint density at radius 3 is 2.48 bits per heavy atom. The van der Waals surface area contributed by atoms with Crippen molar-refractivity contribution in [3.63, 3.8) is 0 Å². The minimum absolute atomic E-state index is 0.311. The number of hydrogen-bond donors (Lipinski definition) is 1. The first-order valence-corrected chi connectivity index (χ1v) is 5.98. The third kappa shape index (κ3) is 5.50. The highest BCUT2D eigenvalue weighted by molar-refractivity contribution is 5.95. The number of amides is 1. The van der Waals surface area contributed by atoms with Crippen LogP contribution < -0.4 is 14.8 Å². The van der Waals surface area contributed by atoms with Gasteiger partial charge in [-0.3, -0.25) is 4.79 Å². The molecular formula is C13H16F3NO4. The Morgan fingerprint density at radius 1 is 1.29 bits per heavy atom. The van der Waals surface area contributed by atoms with Gasteiger partial charge in [0.15, 0.2) is 0 Å². The van der Waals surface area contributed by atoms with E-state index in [1.165, 1.54) is 33.3 Å². The number of methoxy groups -OCH3 is 2. The number of hydrogen-bond acceptors (Lipinski definition) is 4. The van der Waals surface area contributed by atoms with Crippen molar-refractivity contribution < 1.29 is 32.2 Å². The number of carbonyl (C=O) groups excluding carboxylic acids is 1. The third-order valence-corrected chi connectivity index (χ3v) is 2.53. The smallest absolute Gasteiger partial charge is 0.411 e. The topological polar surface area (TPSA) is 56.8 Å². The molecule has 0 aromatic heterocycles. The van der Waals surface area contributed by atoms with Crippen molar-refractivity contribution in [1.29, 1.82) is 0 Å². The molecule has 118 valence electrons. The van der Waals surface area contributed by atoms with Gasteiger partial charge >= 0.3 is 6.18 Å². The molecule has 1 aromatic rings. The highest BCUT2D eigenvalue weighted by Crippen LogP contribution is 2.29. The van der Waals surface area contributed by atoms with Crippen LogP contribution >= 0.6 is 0 Å². The molecule has 5 nitrogen and oxygen atoms in total. The van der Waals surface area contributed by atoms with Crippen LogP contribution in [0.4, 0.5) is 18.9 Å². The van der Waals surface area contributed by atoms with Gasteiger partial charge in [-0.25, -0.2) is 0 Å². The first-order valence-electron chi connectivity index (χ1n) is 5.98. The van der Waals surface area contributed by atoms with Gasteiger partial charge in [-0.05, 0) is 19.1 Å². The average Bonchev–Trinajstić information content (AvgIpc) is 2.44. The Balaban J connectivity index is 2.70.